The second-order valence-electron chi connectivity index (χ2n) is 5.06. The Bertz CT molecular complexity index is 655. The Morgan fingerprint density at radius 2 is 2.30 bits per heavy atom. The Morgan fingerprint density at radius 1 is 1.45 bits per heavy atom. The Kier molecular flexibility index (Phi) is 3.18. The number of nitrogens with zero attached hydrogens (tertiary/aromatic N) is 2. The van der Waals surface area contributed by atoms with E-state index in [4.69, 9.17) is 5.73 Å². The Balaban J connectivity index is 2.05. The molecule has 0 bridgehead atoms. The van der Waals surface area contributed by atoms with Crippen LogP contribution in [0.1, 0.15) is 12.8 Å². The van der Waals surface area contributed by atoms with Crippen molar-refractivity contribution in [2.24, 2.45) is 0 Å². The van der Waals surface area contributed by atoms with E-state index in [0.717, 1.165) is 41.5 Å². The fraction of sp³-hybridized carbons (Fsp3) is 0.333. The number of fused-ring (bicyclic) bond motifs is 1. The van der Waals surface area contributed by atoms with Crippen LogP contribution in [-0.2, 0) is 4.79 Å². The van der Waals surface area contributed by atoms with Gasteiger partial charge in [-0.05, 0) is 25.0 Å². The number of aromatic nitrogens is 1. The second-order valence-corrected chi connectivity index (χ2v) is 5.06. The van der Waals surface area contributed by atoms with Gasteiger partial charge in [0.05, 0.1) is 11.4 Å². The SMILES string of the molecule is CNC(=O)C1CCCN1c1ccc2cnccc2c1N. The third-order valence-corrected chi connectivity index (χ3v) is 3.95. The van der Waals surface area contributed by atoms with Crippen LogP contribution in [0.3, 0.4) is 0 Å². The topological polar surface area (TPSA) is 71.2 Å². The van der Waals surface area contributed by atoms with Crippen molar-refractivity contribution in [3.63, 3.8) is 0 Å². The monoisotopic (exact) mass is 270 g/mol. The molecular formula is C15H18N4O. The van der Waals surface area contributed by atoms with Crippen LogP contribution in [0, 0.1) is 0 Å². The third kappa shape index (κ3) is 1.95. The predicted molar refractivity (Wildman–Crippen MR) is 80.6 cm³/mol. The van der Waals surface area contributed by atoms with Crippen LogP contribution in [-0.4, -0.2) is 30.5 Å². The first-order chi connectivity index (χ1) is 9.72. The number of carbonyl (C=O) groups is 1. The van der Waals surface area contributed by atoms with Crippen LogP contribution in [0.25, 0.3) is 10.8 Å². The van der Waals surface area contributed by atoms with Crippen LogP contribution in [0.15, 0.2) is 30.6 Å². The van der Waals surface area contributed by atoms with Crippen molar-refractivity contribution in [2.75, 3.05) is 24.2 Å². The van der Waals surface area contributed by atoms with Gasteiger partial charge in [-0.25, -0.2) is 0 Å². The van der Waals surface area contributed by atoms with Crippen LogP contribution in [0.4, 0.5) is 11.4 Å². The van der Waals surface area contributed by atoms with E-state index in [9.17, 15) is 4.79 Å². The summed E-state index contributed by atoms with van der Waals surface area (Å²) < 4.78 is 0. The lowest BCUT2D eigenvalue weighted by Gasteiger charge is -2.27. The van der Waals surface area contributed by atoms with Crippen molar-refractivity contribution < 1.29 is 4.79 Å². The molecule has 3 N–H and O–H groups in total. The Hall–Kier alpha value is -2.30. The number of likely N-dealkylation sites (N-methyl/N-ethyl adjacent to an activating group) is 1. The molecule has 1 aromatic heterocycles. The van der Waals surface area contributed by atoms with Crippen molar-refractivity contribution >= 4 is 28.1 Å². The molecule has 1 aliphatic rings. The molecule has 2 heterocycles. The average molecular weight is 270 g/mol. The van der Waals surface area contributed by atoms with Gasteiger partial charge in [-0.1, -0.05) is 6.07 Å². The Labute approximate surface area is 117 Å². The fourth-order valence-electron chi connectivity index (χ4n) is 2.93. The molecule has 1 saturated heterocycles. The molecule has 1 unspecified atom stereocenters. The summed E-state index contributed by atoms with van der Waals surface area (Å²) in [6, 6.07) is 5.79. The maximum Gasteiger partial charge on any atom is 0.242 e. The standard InChI is InChI=1S/C15H18N4O/c1-17-15(20)13-3-2-8-19(13)12-5-4-10-9-18-7-6-11(10)14(12)16/h4-7,9,13H,2-3,8,16H2,1H3,(H,17,20). The van der Waals surface area contributed by atoms with E-state index in [1.165, 1.54) is 0 Å². The molecule has 5 heteroatoms. The normalized spacial score (nSPS) is 18.4. The molecule has 1 amide bonds. The van der Waals surface area contributed by atoms with E-state index in [0.29, 0.717) is 0 Å². The molecule has 0 aliphatic carbocycles. The summed E-state index contributed by atoms with van der Waals surface area (Å²) in [6.45, 7) is 0.860. The average Bonchev–Trinajstić information content (AvgIpc) is 2.96. The number of nitrogens with two attached hydrogens (primary N) is 1. The van der Waals surface area contributed by atoms with Gasteiger partial charge in [0.25, 0.3) is 0 Å². The maximum atomic E-state index is 12.0. The van der Waals surface area contributed by atoms with Crippen LogP contribution in [0.5, 0.6) is 0 Å². The van der Waals surface area contributed by atoms with Gasteiger partial charge >= 0.3 is 0 Å². The summed E-state index contributed by atoms with van der Waals surface area (Å²) in [7, 11) is 1.67. The van der Waals surface area contributed by atoms with Gasteiger partial charge in [0.15, 0.2) is 0 Å². The quantitative estimate of drug-likeness (QED) is 0.812. The Morgan fingerprint density at radius 3 is 3.10 bits per heavy atom. The summed E-state index contributed by atoms with van der Waals surface area (Å²) >= 11 is 0. The number of hydrogen-bond acceptors (Lipinski definition) is 4. The molecule has 1 aliphatic heterocycles. The molecule has 0 saturated carbocycles. The highest BCUT2D eigenvalue weighted by Gasteiger charge is 2.31. The van der Waals surface area contributed by atoms with Gasteiger partial charge in [0.1, 0.15) is 6.04 Å². The summed E-state index contributed by atoms with van der Waals surface area (Å²) in [5.41, 5.74) is 7.96. The smallest absolute Gasteiger partial charge is 0.242 e. The van der Waals surface area contributed by atoms with Crippen molar-refractivity contribution in [1.29, 1.82) is 0 Å². The minimum atomic E-state index is -0.124. The van der Waals surface area contributed by atoms with Gasteiger partial charge in [0, 0.05) is 36.8 Å². The van der Waals surface area contributed by atoms with Gasteiger partial charge < -0.3 is 16.0 Å². The van der Waals surface area contributed by atoms with Crippen LogP contribution in [0.2, 0.25) is 0 Å². The largest absolute Gasteiger partial charge is 0.397 e. The zero-order valence-corrected chi connectivity index (χ0v) is 11.5. The first kappa shape index (κ1) is 12.7. The van der Waals surface area contributed by atoms with Crippen LogP contribution >= 0.6 is 0 Å². The first-order valence-electron chi connectivity index (χ1n) is 6.83. The van der Waals surface area contributed by atoms with E-state index in [1.807, 2.05) is 18.2 Å². The van der Waals surface area contributed by atoms with Crippen molar-refractivity contribution in [1.82, 2.24) is 10.3 Å². The molecular weight excluding hydrogens is 252 g/mol. The molecule has 1 fully saturated rings. The lowest BCUT2D eigenvalue weighted by atomic mass is 10.1. The van der Waals surface area contributed by atoms with Gasteiger partial charge in [0.2, 0.25) is 5.91 Å². The molecule has 0 radical (unpaired) electrons. The van der Waals surface area contributed by atoms with E-state index in [-0.39, 0.29) is 11.9 Å². The first-order valence-corrected chi connectivity index (χ1v) is 6.83. The number of nitrogen functional groups attached to an aromatic ring is 1. The minimum Gasteiger partial charge on any atom is -0.397 e. The highest BCUT2D eigenvalue weighted by atomic mass is 16.2. The van der Waals surface area contributed by atoms with E-state index < -0.39 is 0 Å². The number of amides is 1. The zero-order chi connectivity index (χ0) is 14.1. The summed E-state index contributed by atoms with van der Waals surface area (Å²) in [5, 5.41) is 4.74. The summed E-state index contributed by atoms with van der Waals surface area (Å²) in [4.78, 5) is 18.2. The minimum absolute atomic E-state index is 0.0525. The lowest BCUT2D eigenvalue weighted by molar-refractivity contribution is -0.121. The molecule has 1 atom stereocenters. The van der Waals surface area contributed by atoms with Crippen molar-refractivity contribution in [3.05, 3.63) is 30.6 Å². The highest BCUT2D eigenvalue weighted by Crippen LogP contribution is 2.35. The van der Waals surface area contributed by atoms with Gasteiger partial charge in [-0.15, -0.1) is 0 Å². The molecule has 5 nitrogen and oxygen atoms in total. The number of nitrogens with one attached hydrogen (secondary N) is 1. The van der Waals surface area contributed by atoms with Gasteiger partial charge in [-0.2, -0.15) is 0 Å². The second kappa shape index (κ2) is 5.00. The van der Waals surface area contributed by atoms with Crippen LogP contribution < -0.4 is 16.0 Å². The molecule has 104 valence electrons. The third-order valence-electron chi connectivity index (χ3n) is 3.95. The number of pyridine rings is 1. The van der Waals surface area contributed by atoms with Gasteiger partial charge in [-0.3, -0.25) is 9.78 Å². The zero-order valence-electron chi connectivity index (χ0n) is 11.5. The van der Waals surface area contributed by atoms with E-state index in [2.05, 4.69) is 15.2 Å². The number of carbonyl (C=O) groups excluding carboxylic acids is 1. The highest BCUT2D eigenvalue weighted by molar-refractivity contribution is 6.00. The van der Waals surface area contributed by atoms with E-state index >= 15 is 0 Å². The fourth-order valence-corrected chi connectivity index (χ4v) is 2.93. The predicted octanol–water partition coefficient (Wildman–Crippen LogP) is 1.53. The van der Waals surface area contributed by atoms with Crippen molar-refractivity contribution in [2.45, 2.75) is 18.9 Å². The molecule has 0 spiro atoms. The molecule has 3 rings (SSSR count). The number of rotatable bonds is 2. The van der Waals surface area contributed by atoms with E-state index in [1.54, 1.807) is 19.4 Å². The molecule has 1 aromatic carbocycles. The number of hydrogen-bond donors (Lipinski definition) is 2. The number of anilines is 2. The molecule has 20 heavy (non-hydrogen) atoms. The summed E-state index contributed by atoms with van der Waals surface area (Å²) in [5.74, 6) is 0.0525. The lowest BCUT2D eigenvalue weighted by Crippen LogP contribution is -2.42. The maximum absolute atomic E-state index is 12.0. The summed E-state index contributed by atoms with van der Waals surface area (Å²) in [6.07, 6.45) is 5.41. The number of benzene rings is 1. The molecule has 2 aromatic rings. The van der Waals surface area contributed by atoms with Crippen molar-refractivity contribution in [3.8, 4) is 0 Å².